The quantitative estimate of drug-likeness (QED) is 0.112. The van der Waals surface area contributed by atoms with E-state index in [1.165, 1.54) is 20.8 Å². The van der Waals surface area contributed by atoms with Crippen molar-refractivity contribution in [1.29, 1.82) is 0 Å². The lowest BCUT2D eigenvalue weighted by Gasteiger charge is -2.26. The second-order valence-corrected chi connectivity index (χ2v) is 13.0. The van der Waals surface area contributed by atoms with Crippen molar-refractivity contribution in [3.05, 3.63) is 108 Å². The van der Waals surface area contributed by atoms with Crippen molar-refractivity contribution in [2.24, 2.45) is 5.73 Å². The van der Waals surface area contributed by atoms with Gasteiger partial charge in [-0.05, 0) is 55.8 Å². The minimum absolute atomic E-state index is 0.0373. The van der Waals surface area contributed by atoms with Crippen LogP contribution < -0.4 is 27.0 Å². The largest absolute Gasteiger partial charge is 0.368 e. The summed E-state index contributed by atoms with van der Waals surface area (Å²) >= 11 is 0. The number of nitrogens with two attached hydrogens (primary N) is 1. The Labute approximate surface area is 283 Å². The van der Waals surface area contributed by atoms with E-state index in [2.05, 4.69) is 26.3 Å². The molecule has 49 heavy (non-hydrogen) atoms. The van der Waals surface area contributed by atoms with Gasteiger partial charge in [0.1, 0.15) is 17.1 Å². The highest BCUT2D eigenvalue weighted by molar-refractivity contribution is 6.38. The van der Waals surface area contributed by atoms with E-state index >= 15 is 0 Å². The molecule has 2 unspecified atom stereocenters. The number of hydrogen-bond acceptors (Lipinski definition) is 6. The van der Waals surface area contributed by atoms with E-state index in [9.17, 15) is 28.8 Å². The maximum Gasteiger partial charge on any atom is 0.290 e. The van der Waals surface area contributed by atoms with Crippen LogP contribution in [-0.4, -0.2) is 63.5 Å². The van der Waals surface area contributed by atoms with Crippen molar-refractivity contribution in [1.82, 2.24) is 26.3 Å². The second kappa shape index (κ2) is 14.1. The third-order valence-electron chi connectivity index (χ3n) is 8.79. The van der Waals surface area contributed by atoms with Gasteiger partial charge in [0.05, 0.1) is 12.5 Å². The van der Waals surface area contributed by atoms with Gasteiger partial charge in [-0.15, -0.1) is 0 Å². The minimum Gasteiger partial charge on any atom is -0.368 e. The Bertz CT molecular complexity index is 1860. The number of fused-ring (bicyclic) bond motifs is 1. The molecule has 0 aliphatic heterocycles. The van der Waals surface area contributed by atoms with Crippen molar-refractivity contribution in [3.63, 3.8) is 0 Å². The van der Waals surface area contributed by atoms with Crippen molar-refractivity contribution < 1.29 is 28.8 Å². The summed E-state index contributed by atoms with van der Waals surface area (Å²) in [5.41, 5.74) is 5.72. The zero-order valence-electron chi connectivity index (χ0n) is 27.5. The van der Waals surface area contributed by atoms with E-state index in [0.29, 0.717) is 12.1 Å². The SMILES string of the molecule is CC(NC(=O)C1(NC(=O)Cc2ccccc2)C[C@H]1c1ccccc1)C(=O)C(=O)N[C@@H](Cc1cc2ccccc2[nH]1)C(=O)NC(C)(C)C(N)=O. The molecule has 4 aromatic rings. The second-order valence-electron chi connectivity index (χ2n) is 13.0. The molecule has 1 aromatic heterocycles. The maximum absolute atomic E-state index is 13.8. The van der Waals surface area contributed by atoms with Crippen molar-refractivity contribution >= 4 is 46.2 Å². The summed E-state index contributed by atoms with van der Waals surface area (Å²) in [5, 5.41) is 11.4. The molecule has 4 atom stereocenters. The molecular weight excluding hydrogens is 624 g/mol. The summed E-state index contributed by atoms with van der Waals surface area (Å²) in [5.74, 6) is -4.94. The van der Waals surface area contributed by atoms with E-state index in [1.807, 2.05) is 91.0 Å². The third kappa shape index (κ3) is 8.03. The fraction of sp³-hybridized carbons (Fsp3) is 0.297. The van der Waals surface area contributed by atoms with E-state index in [4.69, 9.17) is 5.73 Å². The fourth-order valence-corrected chi connectivity index (χ4v) is 5.82. The van der Waals surface area contributed by atoms with Crippen LogP contribution in [0.15, 0.2) is 91.0 Å². The first kappa shape index (κ1) is 34.6. The summed E-state index contributed by atoms with van der Waals surface area (Å²) < 4.78 is 0. The standard InChI is InChI=1S/C37H40N6O6/c1-22(39-35(49)37(21-27(37)24-14-8-5-9-15-24)42-30(44)18-23-12-6-4-7-13-23)31(45)33(47)41-29(32(46)43-36(2,3)34(38)48)20-26-19-25-16-10-11-17-28(25)40-26/h4-17,19,22,27,29,40H,18,20-21H2,1-3H3,(H2,38,48)(H,39,49)(H,41,47)(H,42,44)(H,43,46)/t22?,27-,29-,37?/m0/s1. The molecule has 0 saturated heterocycles. The molecular formula is C37H40N6O6. The number of carbonyl (C=O) groups is 6. The van der Waals surface area contributed by atoms with Crippen LogP contribution in [-0.2, 0) is 41.6 Å². The Hall–Kier alpha value is -5.78. The number of para-hydroxylation sites is 1. The van der Waals surface area contributed by atoms with E-state index < -0.39 is 52.6 Å². The number of hydrogen-bond donors (Lipinski definition) is 6. The number of aromatic nitrogens is 1. The van der Waals surface area contributed by atoms with Crippen LogP contribution in [0.5, 0.6) is 0 Å². The van der Waals surface area contributed by atoms with Crippen LogP contribution in [0.1, 0.15) is 49.9 Å². The Balaban J connectivity index is 1.30. The first-order valence-electron chi connectivity index (χ1n) is 16.0. The smallest absolute Gasteiger partial charge is 0.290 e. The molecule has 254 valence electrons. The van der Waals surface area contributed by atoms with Crippen LogP contribution in [0.25, 0.3) is 10.9 Å². The summed E-state index contributed by atoms with van der Waals surface area (Å²) in [6.07, 6.45) is 0.323. The topological polar surface area (TPSA) is 192 Å². The fourth-order valence-electron chi connectivity index (χ4n) is 5.82. The molecule has 1 aliphatic rings. The molecule has 12 heteroatoms. The monoisotopic (exact) mass is 664 g/mol. The molecule has 7 N–H and O–H groups in total. The van der Waals surface area contributed by atoms with Gasteiger partial charge in [0.25, 0.3) is 5.91 Å². The molecule has 0 spiro atoms. The lowest BCUT2D eigenvalue weighted by molar-refractivity contribution is -0.142. The molecule has 1 saturated carbocycles. The van der Waals surface area contributed by atoms with Gasteiger partial charge in [0.2, 0.25) is 29.4 Å². The first-order valence-corrected chi connectivity index (χ1v) is 16.0. The first-order chi connectivity index (χ1) is 23.3. The Morgan fingerprint density at radius 3 is 2.18 bits per heavy atom. The van der Waals surface area contributed by atoms with Gasteiger partial charge in [-0.3, -0.25) is 28.8 Å². The van der Waals surface area contributed by atoms with E-state index in [0.717, 1.165) is 22.0 Å². The van der Waals surface area contributed by atoms with Gasteiger partial charge < -0.3 is 32.0 Å². The van der Waals surface area contributed by atoms with Gasteiger partial charge in [0, 0.05) is 23.5 Å². The summed E-state index contributed by atoms with van der Waals surface area (Å²) in [7, 11) is 0. The lowest BCUT2D eigenvalue weighted by Crippen LogP contribution is -2.60. The number of rotatable bonds is 14. The van der Waals surface area contributed by atoms with Crippen molar-refractivity contribution in [3.8, 4) is 0 Å². The molecule has 5 amide bonds. The Morgan fingerprint density at radius 2 is 1.53 bits per heavy atom. The van der Waals surface area contributed by atoms with Crippen LogP contribution in [0.4, 0.5) is 0 Å². The molecule has 0 bridgehead atoms. The zero-order chi connectivity index (χ0) is 35.3. The molecule has 1 fully saturated rings. The van der Waals surface area contributed by atoms with Crippen molar-refractivity contribution in [2.75, 3.05) is 0 Å². The number of carbonyl (C=O) groups excluding carboxylic acids is 6. The predicted octanol–water partition coefficient (Wildman–Crippen LogP) is 1.93. The summed E-state index contributed by atoms with van der Waals surface area (Å²) in [6.45, 7) is 4.21. The zero-order valence-corrected chi connectivity index (χ0v) is 27.5. The van der Waals surface area contributed by atoms with Gasteiger partial charge in [-0.2, -0.15) is 0 Å². The Kier molecular flexibility index (Phi) is 9.97. The summed E-state index contributed by atoms with van der Waals surface area (Å²) in [6, 6.07) is 25.0. The molecule has 1 heterocycles. The van der Waals surface area contributed by atoms with Gasteiger partial charge >= 0.3 is 0 Å². The van der Waals surface area contributed by atoms with Crippen LogP contribution >= 0.6 is 0 Å². The number of benzene rings is 3. The molecule has 12 nitrogen and oxygen atoms in total. The number of H-pyrrole nitrogens is 1. The van der Waals surface area contributed by atoms with Crippen LogP contribution in [0.3, 0.4) is 0 Å². The highest BCUT2D eigenvalue weighted by atomic mass is 16.2. The molecule has 1 aliphatic carbocycles. The molecule has 5 rings (SSSR count). The highest BCUT2D eigenvalue weighted by Gasteiger charge is 2.62. The number of aromatic amines is 1. The lowest BCUT2D eigenvalue weighted by atomic mass is 10.0. The minimum atomic E-state index is -1.44. The van der Waals surface area contributed by atoms with E-state index in [1.54, 1.807) is 0 Å². The van der Waals surface area contributed by atoms with Gasteiger partial charge in [-0.1, -0.05) is 78.9 Å². The predicted molar refractivity (Wildman–Crippen MR) is 183 cm³/mol. The van der Waals surface area contributed by atoms with Crippen molar-refractivity contribution in [2.45, 2.75) is 69.1 Å². The maximum atomic E-state index is 13.8. The Morgan fingerprint density at radius 1 is 0.898 bits per heavy atom. The number of primary amides is 1. The average molecular weight is 665 g/mol. The average Bonchev–Trinajstić information content (AvgIpc) is 3.65. The van der Waals surface area contributed by atoms with Gasteiger partial charge in [-0.25, -0.2) is 0 Å². The number of nitrogens with one attached hydrogen (secondary N) is 5. The number of Topliss-reactive ketones (excluding diaryl/α,β-unsaturated/α-hetero) is 1. The normalized spacial score (nSPS) is 18.1. The van der Waals surface area contributed by atoms with Crippen LogP contribution in [0.2, 0.25) is 0 Å². The highest BCUT2D eigenvalue weighted by Crippen LogP contribution is 2.51. The number of amides is 5. The van der Waals surface area contributed by atoms with Gasteiger partial charge in [0.15, 0.2) is 0 Å². The third-order valence-corrected chi connectivity index (χ3v) is 8.79. The van der Waals surface area contributed by atoms with E-state index in [-0.39, 0.29) is 24.7 Å². The summed E-state index contributed by atoms with van der Waals surface area (Å²) in [4.78, 5) is 82.1. The number of ketones is 1. The molecule has 0 radical (unpaired) electrons. The molecule has 3 aromatic carbocycles. The van der Waals surface area contributed by atoms with Crippen LogP contribution in [0, 0.1) is 0 Å².